The van der Waals surface area contributed by atoms with Crippen molar-refractivity contribution in [3.05, 3.63) is 77.6 Å². The molecule has 2 aromatic carbocycles. The van der Waals surface area contributed by atoms with E-state index in [0.29, 0.717) is 12.8 Å². The summed E-state index contributed by atoms with van der Waals surface area (Å²) >= 11 is 0. The van der Waals surface area contributed by atoms with E-state index in [1.54, 1.807) is 33.2 Å². The van der Waals surface area contributed by atoms with Crippen LogP contribution < -0.4 is 10.6 Å². The molecule has 1 aromatic heterocycles. The highest BCUT2D eigenvalue weighted by Crippen LogP contribution is 2.44. The average Bonchev–Trinajstić information content (AvgIpc) is 3.15. The number of benzene rings is 2. The molecule has 0 radical (unpaired) electrons. The van der Waals surface area contributed by atoms with E-state index >= 15 is 0 Å². The number of anilines is 1. The SMILES string of the molecule is C[C@H](CCc1cnc(NC(=O)OC(C)(C)C)nc1)NC(=O)OCC1c2ccccc2-c2ccccc21. The molecule has 1 atom stereocenters. The molecule has 1 aliphatic carbocycles. The summed E-state index contributed by atoms with van der Waals surface area (Å²) in [5.74, 6) is 0.209. The number of carbonyl (C=O) groups is 2. The number of ether oxygens (including phenoxy) is 2. The van der Waals surface area contributed by atoms with E-state index in [2.05, 4.69) is 44.9 Å². The first-order chi connectivity index (χ1) is 17.2. The van der Waals surface area contributed by atoms with Crippen LogP contribution in [0.4, 0.5) is 15.5 Å². The zero-order valence-corrected chi connectivity index (χ0v) is 21.1. The zero-order valence-electron chi connectivity index (χ0n) is 21.1. The Morgan fingerprint density at radius 1 is 0.944 bits per heavy atom. The minimum absolute atomic E-state index is 0.0309. The van der Waals surface area contributed by atoms with Crippen molar-refractivity contribution in [3.63, 3.8) is 0 Å². The van der Waals surface area contributed by atoms with Crippen LogP contribution in [0.25, 0.3) is 11.1 Å². The first-order valence-corrected chi connectivity index (χ1v) is 12.1. The summed E-state index contributed by atoms with van der Waals surface area (Å²) in [6.45, 7) is 7.57. The number of nitrogens with zero attached hydrogens (tertiary/aromatic N) is 2. The first kappa shape index (κ1) is 25.2. The molecule has 188 valence electrons. The van der Waals surface area contributed by atoms with Gasteiger partial charge in [-0.3, -0.25) is 5.32 Å². The fourth-order valence-electron chi connectivity index (χ4n) is 4.24. The summed E-state index contributed by atoms with van der Waals surface area (Å²) in [6, 6.07) is 16.4. The monoisotopic (exact) mass is 488 g/mol. The molecule has 36 heavy (non-hydrogen) atoms. The number of aryl methyl sites for hydroxylation is 1. The predicted molar refractivity (Wildman–Crippen MR) is 138 cm³/mol. The van der Waals surface area contributed by atoms with E-state index in [1.807, 2.05) is 31.2 Å². The lowest BCUT2D eigenvalue weighted by atomic mass is 9.98. The van der Waals surface area contributed by atoms with Crippen molar-refractivity contribution in [2.24, 2.45) is 0 Å². The van der Waals surface area contributed by atoms with Crippen LogP contribution in [-0.2, 0) is 15.9 Å². The molecule has 4 rings (SSSR count). The van der Waals surface area contributed by atoms with Crippen LogP contribution in [-0.4, -0.2) is 40.4 Å². The number of rotatable bonds is 7. The molecule has 0 spiro atoms. The molecule has 0 aliphatic heterocycles. The smallest absolute Gasteiger partial charge is 0.414 e. The second kappa shape index (κ2) is 10.8. The van der Waals surface area contributed by atoms with Crippen molar-refractivity contribution in [2.75, 3.05) is 11.9 Å². The maximum Gasteiger partial charge on any atom is 0.414 e. The van der Waals surface area contributed by atoms with Crippen LogP contribution in [0, 0.1) is 0 Å². The fourth-order valence-corrected chi connectivity index (χ4v) is 4.24. The van der Waals surface area contributed by atoms with Crippen LogP contribution in [0.5, 0.6) is 0 Å². The standard InChI is InChI=1S/C28H32N4O4/c1-18(13-14-19-15-29-25(30-16-19)32-27(34)36-28(2,3)4)31-26(33)35-17-24-22-11-7-5-9-20(22)21-10-6-8-12-23(21)24/h5-12,15-16,18,24H,13-14,17H2,1-4H3,(H,31,33)(H,29,30,32,34)/t18-/m1/s1. The number of alkyl carbamates (subject to hydrolysis) is 1. The lowest BCUT2D eigenvalue weighted by Crippen LogP contribution is -2.34. The van der Waals surface area contributed by atoms with Crippen molar-refractivity contribution in [1.29, 1.82) is 0 Å². The molecular formula is C28H32N4O4. The summed E-state index contributed by atoms with van der Waals surface area (Å²) < 4.78 is 10.8. The van der Waals surface area contributed by atoms with Gasteiger partial charge in [0.05, 0.1) is 0 Å². The topological polar surface area (TPSA) is 102 Å². The van der Waals surface area contributed by atoms with Gasteiger partial charge in [0.25, 0.3) is 0 Å². The molecule has 1 aliphatic rings. The van der Waals surface area contributed by atoms with Crippen LogP contribution >= 0.6 is 0 Å². The molecule has 8 heteroatoms. The third-order valence-corrected chi connectivity index (χ3v) is 5.89. The summed E-state index contributed by atoms with van der Waals surface area (Å²) in [5.41, 5.74) is 5.06. The van der Waals surface area contributed by atoms with Gasteiger partial charge in [0.1, 0.15) is 12.2 Å². The Morgan fingerprint density at radius 2 is 1.53 bits per heavy atom. The maximum atomic E-state index is 12.5. The van der Waals surface area contributed by atoms with E-state index < -0.39 is 17.8 Å². The predicted octanol–water partition coefficient (Wildman–Crippen LogP) is 5.68. The van der Waals surface area contributed by atoms with Crippen molar-refractivity contribution in [3.8, 4) is 11.1 Å². The zero-order chi connectivity index (χ0) is 25.7. The quantitative estimate of drug-likeness (QED) is 0.443. The Bertz CT molecular complexity index is 1180. The second-order valence-electron chi connectivity index (χ2n) is 9.95. The van der Waals surface area contributed by atoms with Gasteiger partial charge in [-0.05, 0) is 68.4 Å². The Hall–Kier alpha value is -3.94. The minimum Gasteiger partial charge on any atom is -0.449 e. The molecule has 0 unspecified atom stereocenters. The van der Waals surface area contributed by atoms with E-state index in [1.165, 1.54) is 22.3 Å². The Labute approximate surface area is 211 Å². The molecule has 2 amide bonds. The number of hydrogen-bond acceptors (Lipinski definition) is 6. The highest BCUT2D eigenvalue weighted by molar-refractivity contribution is 5.82. The van der Waals surface area contributed by atoms with Crippen LogP contribution in [0.1, 0.15) is 56.7 Å². The number of amides is 2. The van der Waals surface area contributed by atoms with Gasteiger partial charge in [0.15, 0.2) is 0 Å². The first-order valence-electron chi connectivity index (χ1n) is 12.1. The lowest BCUT2D eigenvalue weighted by molar-refractivity contribution is 0.0634. The Morgan fingerprint density at radius 3 is 2.11 bits per heavy atom. The van der Waals surface area contributed by atoms with Crippen molar-refractivity contribution < 1.29 is 19.1 Å². The van der Waals surface area contributed by atoms with Gasteiger partial charge in [-0.15, -0.1) is 0 Å². The number of fused-ring (bicyclic) bond motifs is 3. The summed E-state index contributed by atoms with van der Waals surface area (Å²) in [7, 11) is 0. The Balaban J connectivity index is 1.23. The molecule has 0 saturated heterocycles. The Kier molecular flexibility index (Phi) is 7.52. The van der Waals surface area contributed by atoms with E-state index in [0.717, 1.165) is 5.56 Å². The highest BCUT2D eigenvalue weighted by Gasteiger charge is 2.29. The third kappa shape index (κ3) is 6.38. The number of nitrogens with one attached hydrogen (secondary N) is 2. The molecular weight excluding hydrogens is 456 g/mol. The van der Waals surface area contributed by atoms with Crippen molar-refractivity contribution in [1.82, 2.24) is 15.3 Å². The van der Waals surface area contributed by atoms with Crippen molar-refractivity contribution >= 4 is 18.1 Å². The van der Waals surface area contributed by atoms with Gasteiger partial charge < -0.3 is 14.8 Å². The molecule has 0 bridgehead atoms. The van der Waals surface area contributed by atoms with Gasteiger partial charge >= 0.3 is 12.2 Å². The molecule has 0 saturated carbocycles. The van der Waals surface area contributed by atoms with Crippen LogP contribution in [0.2, 0.25) is 0 Å². The molecule has 1 heterocycles. The van der Waals surface area contributed by atoms with Crippen molar-refractivity contribution in [2.45, 2.75) is 58.1 Å². The van der Waals surface area contributed by atoms with E-state index in [4.69, 9.17) is 9.47 Å². The molecule has 8 nitrogen and oxygen atoms in total. The molecule has 2 N–H and O–H groups in total. The second-order valence-corrected chi connectivity index (χ2v) is 9.95. The van der Waals surface area contributed by atoms with E-state index in [-0.39, 0.29) is 24.5 Å². The van der Waals surface area contributed by atoms with Gasteiger partial charge in [0, 0.05) is 24.4 Å². The molecule has 3 aromatic rings. The average molecular weight is 489 g/mol. The number of aromatic nitrogens is 2. The summed E-state index contributed by atoms with van der Waals surface area (Å²) in [5, 5.41) is 5.42. The minimum atomic E-state index is -0.601. The number of carbonyl (C=O) groups excluding carboxylic acids is 2. The van der Waals surface area contributed by atoms with E-state index in [9.17, 15) is 9.59 Å². The van der Waals surface area contributed by atoms with Gasteiger partial charge in [-0.2, -0.15) is 0 Å². The van der Waals surface area contributed by atoms with Crippen LogP contribution in [0.15, 0.2) is 60.9 Å². The highest BCUT2D eigenvalue weighted by atomic mass is 16.6. The number of hydrogen-bond donors (Lipinski definition) is 2. The van der Waals surface area contributed by atoms with Gasteiger partial charge in [-0.25, -0.2) is 19.6 Å². The maximum absolute atomic E-state index is 12.5. The van der Waals surface area contributed by atoms with Crippen LogP contribution in [0.3, 0.4) is 0 Å². The largest absolute Gasteiger partial charge is 0.449 e. The summed E-state index contributed by atoms with van der Waals surface area (Å²) in [4.78, 5) is 32.6. The van der Waals surface area contributed by atoms with Gasteiger partial charge in [-0.1, -0.05) is 48.5 Å². The molecule has 0 fully saturated rings. The fraction of sp³-hybridized carbons (Fsp3) is 0.357. The lowest BCUT2D eigenvalue weighted by Gasteiger charge is -2.19. The third-order valence-electron chi connectivity index (χ3n) is 5.89. The van der Waals surface area contributed by atoms with Gasteiger partial charge in [0.2, 0.25) is 5.95 Å². The summed E-state index contributed by atoms with van der Waals surface area (Å²) in [6.07, 6.45) is 3.62. The normalized spacial score (nSPS) is 13.3.